The third-order valence-electron chi connectivity index (χ3n) is 1.85. The van der Waals surface area contributed by atoms with Crippen molar-refractivity contribution in [2.75, 3.05) is 0 Å². The van der Waals surface area contributed by atoms with Gasteiger partial charge in [0.2, 0.25) is 0 Å². The van der Waals surface area contributed by atoms with Crippen molar-refractivity contribution >= 4 is 0 Å². The van der Waals surface area contributed by atoms with E-state index in [0.29, 0.717) is 12.0 Å². The molecule has 0 spiro atoms. The third kappa shape index (κ3) is 1.46. The Kier molecular flexibility index (Phi) is 2.76. The number of aryl methyl sites for hydroxylation is 1. The summed E-state index contributed by atoms with van der Waals surface area (Å²) in [5, 5.41) is 0. The van der Waals surface area contributed by atoms with E-state index in [4.69, 9.17) is 5.73 Å². The van der Waals surface area contributed by atoms with E-state index < -0.39 is 11.6 Å². The highest BCUT2D eigenvalue weighted by molar-refractivity contribution is 5.27. The number of hydrogen-bond donors (Lipinski definition) is 1. The summed E-state index contributed by atoms with van der Waals surface area (Å²) in [5.74, 6) is -1.06. The van der Waals surface area contributed by atoms with Crippen molar-refractivity contribution < 1.29 is 8.78 Å². The van der Waals surface area contributed by atoms with Crippen LogP contribution < -0.4 is 5.73 Å². The molecule has 0 heterocycles. The molecule has 66 valence electrons. The Morgan fingerprint density at radius 1 is 1.33 bits per heavy atom. The van der Waals surface area contributed by atoms with Crippen LogP contribution in [0.5, 0.6) is 0 Å². The smallest absolute Gasteiger partial charge is 0.133 e. The first-order chi connectivity index (χ1) is 5.70. The molecule has 0 radical (unpaired) electrons. The quantitative estimate of drug-likeness (QED) is 0.723. The van der Waals surface area contributed by atoms with Crippen molar-refractivity contribution in [2.24, 2.45) is 5.73 Å². The summed E-state index contributed by atoms with van der Waals surface area (Å²) in [6.45, 7) is 1.72. The van der Waals surface area contributed by atoms with Gasteiger partial charge in [-0.2, -0.15) is 0 Å². The Morgan fingerprint density at radius 3 is 2.50 bits per heavy atom. The Bertz CT molecular complexity index is 284. The number of benzene rings is 1. The maximum Gasteiger partial charge on any atom is 0.133 e. The zero-order valence-corrected chi connectivity index (χ0v) is 6.90. The minimum atomic E-state index is -0.563. The minimum absolute atomic E-state index is 0.0191. The predicted molar refractivity (Wildman–Crippen MR) is 43.6 cm³/mol. The van der Waals surface area contributed by atoms with Crippen LogP contribution in [0.25, 0.3) is 0 Å². The molecule has 0 atom stereocenters. The average molecular weight is 171 g/mol. The van der Waals surface area contributed by atoms with Crippen molar-refractivity contribution in [2.45, 2.75) is 19.9 Å². The predicted octanol–water partition coefficient (Wildman–Crippen LogP) is 1.99. The molecule has 12 heavy (non-hydrogen) atoms. The van der Waals surface area contributed by atoms with Crippen molar-refractivity contribution in [1.82, 2.24) is 0 Å². The van der Waals surface area contributed by atoms with E-state index in [1.165, 1.54) is 12.1 Å². The summed E-state index contributed by atoms with van der Waals surface area (Å²) >= 11 is 0. The molecule has 1 aromatic rings. The first kappa shape index (κ1) is 9.13. The highest BCUT2D eigenvalue weighted by Crippen LogP contribution is 2.16. The van der Waals surface area contributed by atoms with Crippen LogP contribution in [0.15, 0.2) is 12.1 Å². The Hall–Kier alpha value is -0.960. The van der Waals surface area contributed by atoms with Crippen LogP contribution in [0.3, 0.4) is 0 Å². The van der Waals surface area contributed by atoms with Crippen LogP contribution in [-0.4, -0.2) is 0 Å². The van der Waals surface area contributed by atoms with E-state index in [1.807, 2.05) is 6.92 Å². The molecule has 0 saturated heterocycles. The molecule has 1 nitrogen and oxygen atoms in total. The summed E-state index contributed by atoms with van der Waals surface area (Å²) < 4.78 is 26.1. The first-order valence-electron chi connectivity index (χ1n) is 3.86. The van der Waals surface area contributed by atoms with Crippen molar-refractivity contribution in [3.63, 3.8) is 0 Å². The Labute approximate surface area is 70.2 Å². The van der Waals surface area contributed by atoms with Crippen LogP contribution in [-0.2, 0) is 13.0 Å². The molecule has 0 saturated carbocycles. The lowest BCUT2D eigenvalue weighted by Gasteiger charge is -2.05. The van der Waals surface area contributed by atoms with E-state index in [2.05, 4.69) is 0 Å². The Balaban J connectivity index is 3.24. The molecule has 0 unspecified atom stereocenters. The summed E-state index contributed by atoms with van der Waals surface area (Å²) in [4.78, 5) is 0. The summed E-state index contributed by atoms with van der Waals surface area (Å²) in [6, 6.07) is 2.70. The van der Waals surface area contributed by atoms with Crippen molar-refractivity contribution in [3.8, 4) is 0 Å². The van der Waals surface area contributed by atoms with Gasteiger partial charge in [0.25, 0.3) is 0 Å². The maximum atomic E-state index is 13.2. The molecule has 1 aromatic carbocycles. The second-order valence-electron chi connectivity index (χ2n) is 2.56. The SMILES string of the molecule is CCc1ccc(F)c(CN)c1F. The molecule has 0 aliphatic rings. The van der Waals surface area contributed by atoms with E-state index in [-0.39, 0.29) is 12.1 Å². The minimum Gasteiger partial charge on any atom is -0.326 e. The van der Waals surface area contributed by atoms with Gasteiger partial charge in [0.05, 0.1) is 0 Å². The molecular weight excluding hydrogens is 160 g/mol. The van der Waals surface area contributed by atoms with Crippen molar-refractivity contribution in [3.05, 3.63) is 34.9 Å². The molecule has 0 amide bonds. The summed E-state index contributed by atoms with van der Waals surface area (Å²) in [7, 11) is 0. The second-order valence-corrected chi connectivity index (χ2v) is 2.56. The van der Waals surface area contributed by atoms with Gasteiger partial charge in [-0.05, 0) is 18.1 Å². The first-order valence-corrected chi connectivity index (χ1v) is 3.86. The molecule has 0 aromatic heterocycles. The normalized spacial score (nSPS) is 10.3. The summed E-state index contributed by atoms with van der Waals surface area (Å²) in [6.07, 6.45) is 0.555. The number of rotatable bonds is 2. The second kappa shape index (κ2) is 3.63. The van der Waals surface area contributed by atoms with Gasteiger partial charge >= 0.3 is 0 Å². The summed E-state index contributed by atoms with van der Waals surface area (Å²) in [5.41, 5.74) is 5.69. The van der Waals surface area contributed by atoms with Crippen LogP contribution in [0.2, 0.25) is 0 Å². The lowest BCUT2D eigenvalue weighted by molar-refractivity contribution is 0.548. The average Bonchev–Trinajstić information content (AvgIpc) is 2.06. The molecule has 2 N–H and O–H groups in total. The molecule has 0 fully saturated rings. The number of hydrogen-bond acceptors (Lipinski definition) is 1. The van der Waals surface area contributed by atoms with Crippen LogP contribution in [0, 0.1) is 11.6 Å². The lowest BCUT2D eigenvalue weighted by atomic mass is 10.1. The standard InChI is InChI=1S/C9H11F2N/c1-2-6-3-4-8(10)7(5-12)9(6)11/h3-4H,2,5,12H2,1H3. The van der Waals surface area contributed by atoms with Crippen molar-refractivity contribution in [1.29, 1.82) is 0 Å². The highest BCUT2D eigenvalue weighted by atomic mass is 19.1. The van der Waals surface area contributed by atoms with Gasteiger partial charge in [0.1, 0.15) is 11.6 Å². The van der Waals surface area contributed by atoms with Crippen LogP contribution in [0.4, 0.5) is 8.78 Å². The van der Waals surface area contributed by atoms with E-state index in [1.54, 1.807) is 0 Å². The van der Waals surface area contributed by atoms with Gasteiger partial charge in [-0.1, -0.05) is 13.0 Å². The van der Waals surface area contributed by atoms with E-state index in [0.717, 1.165) is 0 Å². The van der Waals surface area contributed by atoms with Gasteiger partial charge < -0.3 is 5.73 Å². The highest BCUT2D eigenvalue weighted by Gasteiger charge is 2.10. The zero-order valence-electron chi connectivity index (χ0n) is 6.90. The van der Waals surface area contributed by atoms with Gasteiger partial charge in [0.15, 0.2) is 0 Å². The van der Waals surface area contributed by atoms with Crippen LogP contribution >= 0.6 is 0 Å². The molecule has 0 bridgehead atoms. The fourth-order valence-corrected chi connectivity index (χ4v) is 1.11. The van der Waals surface area contributed by atoms with Gasteiger partial charge in [-0.25, -0.2) is 8.78 Å². The van der Waals surface area contributed by atoms with Gasteiger partial charge in [0, 0.05) is 12.1 Å². The Morgan fingerprint density at radius 2 is 2.00 bits per heavy atom. The largest absolute Gasteiger partial charge is 0.326 e. The lowest BCUT2D eigenvalue weighted by Crippen LogP contribution is -2.05. The number of nitrogens with two attached hydrogens (primary N) is 1. The zero-order chi connectivity index (χ0) is 9.14. The van der Waals surface area contributed by atoms with E-state index in [9.17, 15) is 8.78 Å². The molecule has 3 heteroatoms. The molecular formula is C9H11F2N. The fraction of sp³-hybridized carbons (Fsp3) is 0.333. The number of halogens is 2. The monoisotopic (exact) mass is 171 g/mol. The van der Waals surface area contributed by atoms with Crippen LogP contribution in [0.1, 0.15) is 18.1 Å². The molecule has 1 rings (SSSR count). The fourth-order valence-electron chi connectivity index (χ4n) is 1.11. The van der Waals surface area contributed by atoms with Gasteiger partial charge in [-0.15, -0.1) is 0 Å². The topological polar surface area (TPSA) is 26.0 Å². The third-order valence-corrected chi connectivity index (χ3v) is 1.85. The van der Waals surface area contributed by atoms with Gasteiger partial charge in [-0.3, -0.25) is 0 Å². The molecule has 0 aliphatic carbocycles. The molecule has 0 aliphatic heterocycles. The van der Waals surface area contributed by atoms with E-state index >= 15 is 0 Å². The maximum absolute atomic E-state index is 13.2.